The number of hydrogen-bond acceptors (Lipinski definition) is 5. The molecule has 0 unspecified atom stereocenters. The van der Waals surface area contributed by atoms with Crippen molar-refractivity contribution in [1.29, 1.82) is 0 Å². The van der Waals surface area contributed by atoms with Gasteiger partial charge in [-0.25, -0.2) is 9.97 Å². The second-order valence-corrected chi connectivity index (χ2v) is 2.77. The Hall–Kier alpha value is -1.69. The van der Waals surface area contributed by atoms with E-state index in [0.29, 0.717) is 21.9 Å². The Morgan fingerprint density at radius 2 is 2.31 bits per heavy atom. The highest BCUT2D eigenvalue weighted by atomic mass is 32.1. The summed E-state index contributed by atoms with van der Waals surface area (Å²) in [6.07, 6.45) is 4.36. The first-order valence-corrected chi connectivity index (χ1v) is 3.92. The number of anilines is 1. The van der Waals surface area contributed by atoms with Gasteiger partial charge in [0, 0.05) is 0 Å². The van der Waals surface area contributed by atoms with Crippen LogP contribution < -0.4 is 5.73 Å². The van der Waals surface area contributed by atoms with Crippen LogP contribution in [-0.4, -0.2) is 15.0 Å². The predicted molar refractivity (Wildman–Crippen MR) is 49.3 cm³/mol. The van der Waals surface area contributed by atoms with E-state index in [2.05, 4.69) is 15.0 Å². The summed E-state index contributed by atoms with van der Waals surface area (Å²) in [5, 5.41) is 0. The van der Waals surface area contributed by atoms with Crippen molar-refractivity contribution in [3.8, 4) is 11.5 Å². The molecule has 6 heteroatoms. The molecular weight excluding hydrogens is 188 g/mol. The molecule has 0 aliphatic carbocycles. The first-order valence-electron chi connectivity index (χ1n) is 3.51. The van der Waals surface area contributed by atoms with E-state index in [9.17, 15) is 0 Å². The molecule has 0 amide bonds. The monoisotopic (exact) mass is 194 g/mol. The summed E-state index contributed by atoms with van der Waals surface area (Å²) in [5.41, 5.74) is 6.74. The Kier molecular flexibility index (Phi) is 1.82. The van der Waals surface area contributed by atoms with Crippen molar-refractivity contribution in [1.82, 2.24) is 15.0 Å². The molecule has 0 aliphatic rings. The number of H-pyrrole nitrogens is 1. The van der Waals surface area contributed by atoms with Crippen LogP contribution in [0.4, 0.5) is 5.69 Å². The minimum absolute atomic E-state index is 0.362. The van der Waals surface area contributed by atoms with Crippen molar-refractivity contribution in [3.05, 3.63) is 23.6 Å². The fraction of sp³-hybridized carbons (Fsp3) is 0. The van der Waals surface area contributed by atoms with Gasteiger partial charge < -0.3 is 15.1 Å². The average molecular weight is 194 g/mol. The molecule has 2 heterocycles. The van der Waals surface area contributed by atoms with Crippen molar-refractivity contribution >= 4 is 17.9 Å². The molecule has 0 saturated carbocycles. The third-order valence-corrected chi connectivity index (χ3v) is 1.73. The maximum absolute atomic E-state index is 5.65. The zero-order chi connectivity index (χ0) is 9.26. The van der Waals surface area contributed by atoms with Gasteiger partial charge in [-0.1, -0.05) is 0 Å². The number of nitrogens with two attached hydrogens (primary N) is 1. The van der Waals surface area contributed by atoms with Gasteiger partial charge in [0.25, 0.3) is 0 Å². The van der Waals surface area contributed by atoms with Gasteiger partial charge in [0.05, 0.1) is 18.1 Å². The lowest BCUT2D eigenvalue weighted by Crippen LogP contribution is -1.94. The molecule has 0 bridgehead atoms. The number of aromatic nitrogens is 3. The fourth-order valence-corrected chi connectivity index (χ4v) is 1.10. The maximum atomic E-state index is 5.65. The molecule has 66 valence electrons. The Balaban J connectivity index is 2.64. The largest absolute Gasteiger partial charge is 0.442 e. The van der Waals surface area contributed by atoms with Crippen LogP contribution in [0.2, 0.25) is 0 Å². The number of rotatable bonds is 1. The molecule has 0 spiro atoms. The van der Waals surface area contributed by atoms with Gasteiger partial charge >= 0.3 is 0 Å². The quantitative estimate of drug-likeness (QED) is 0.670. The fourth-order valence-electron chi connectivity index (χ4n) is 0.947. The molecule has 2 rings (SSSR count). The van der Waals surface area contributed by atoms with Crippen molar-refractivity contribution in [2.45, 2.75) is 0 Å². The molecule has 0 aromatic carbocycles. The lowest BCUT2D eigenvalue weighted by Gasteiger charge is -1.99. The van der Waals surface area contributed by atoms with Crippen molar-refractivity contribution in [2.24, 2.45) is 0 Å². The van der Waals surface area contributed by atoms with E-state index >= 15 is 0 Å². The molecule has 3 N–H and O–H groups in total. The Labute approximate surface area is 78.6 Å². The molecular formula is C7H6N4OS. The molecule has 0 aliphatic heterocycles. The molecule has 2 aromatic rings. The van der Waals surface area contributed by atoms with Crippen molar-refractivity contribution in [2.75, 3.05) is 5.73 Å². The van der Waals surface area contributed by atoms with Crippen LogP contribution in [0.15, 0.2) is 23.2 Å². The van der Waals surface area contributed by atoms with Gasteiger partial charge in [-0.15, -0.1) is 0 Å². The number of aromatic amines is 1. The molecule has 0 saturated heterocycles. The molecule has 0 radical (unpaired) electrons. The van der Waals surface area contributed by atoms with Crippen molar-refractivity contribution in [3.63, 3.8) is 0 Å². The summed E-state index contributed by atoms with van der Waals surface area (Å²) < 4.78 is 5.42. The SMILES string of the molecule is Nc1cnc(=S)[nH]c1-c1cnco1. The highest BCUT2D eigenvalue weighted by molar-refractivity contribution is 7.71. The van der Waals surface area contributed by atoms with Crippen LogP contribution in [0.3, 0.4) is 0 Å². The summed E-state index contributed by atoms with van der Waals surface area (Å²) in [7, 11) is 0. The van der Waals surface area contributed by atoms with Crippen LogP contribution in [-0.2, 0) is 0 Å². The summed E-state index contributed by atoms with van der Waals surface area (Å²) in [6.45, 7) is 0. The lowest BCUT2D eigenvalue weighted by atomic mass is 10.3. The van der Waals surface area contributed by atoms with Crippen LogP contribution in [0.25, 0.3) is 11.5 Å². The zero-order valence-corrected chi connectivity index (χ0v) is 7.34. The highest BCUT2D eigenvalue weighted by Crippen LogP contribution is 2.21. The molecule has 0 atom stereocenters. The van der Waals surface area contributed by atoms with Gasteiger partial charge in [0.15, 0.2) is 16.9 Å². The number of oxazole rings is 1. The molecule has 5 nitrogen and oxygen atoms in total. The van der Waals surface area contributed by atoms with Gasteiger partial charge in [-0.2, -0.15) is 0 Å². The summed E-state index contributed by atoms with van der Waals surface area (Å²) in [4.78, 5) is 10.4. The molecule has 2 aromatic heterocycles. The number of nitrogens with one attached hydrogen (secondary N) is 1. The Bertz CT molecular complexity index is 462. The van der Waals surface area contributed by atoms with E-state index in [1.54, 1.807) is 6.20 Å². The number of hydrogen-bond donors (Lipinski definition) is 2. The van der Waals surface area contributed by atoms with Crippen LogP contribution >= 0.6 is 12.2 Å². The third-order valence-electron chi connectivity index (χ3n) is 1.52. The average Bonchev–Trinajstić information content (AvgIpc) is 2.61. The standard InChI is InChI=1S/C7H6N4OS/c8-4-1-10-7(13)11-6(4)5-2-9-3-12-5/h1-3H,8H2,(H,10,11,13). The lowest BCUT2D eigenvalue weighted by molar-refractivity contribution is 0.570. The summed E-state index contributed by atoms with van der Waals surface area (Å²) >= 11 is 4.85. The van der Waals surface area contributed by atoms with Crippen molar-refractivity contribution < 1.29 is 4.42 Å². The summed E-state index contributed by atoms with van der Waals surface area (Å²) in [6, 6.07) is 0. The van der Waals surface area contributed by atoms with Crippen LogP contribution in [0.1, 0.15) is 0 Å². The van der Waals surface area contributed by atoms with E-state index < -0.39 is 0 Å². The topological polar surface area (TPSA) is 80.7 Å². The van der Waals surface area contributed by atoms with E-state index in [0.717, 1.165) is 0 Å². The van der Waals surface area contributed by atoms with Crippen LogP contribution in [0, 0.1) is 4.77 Å². The van der Waals surface area contributed by atoms with E-state index in [1.807, 2.05) is 0 Å². The number of nitrogen functional groups attached to an aromatic ring is 1. The van der Waals surface area contributed by atoms with E-state index in [1.165, 1.54) is 12.6 Å². The van der Waals surface area contributed by atoms with E-state index in [-0.39, 0.29) is 0 Å². The first kappa shape index (κ1) is 7.93. The predicted octanol–water partition coefficient (Wildman–Crippen LogP) is 1.38. The van der Waals surface area contributed by atoms with Gasteiger partial charge in [0.1, 0.15) is 5.69 Å². The Morgan fingerprint density at radius 3 is 3.00 bits per heavy atom. The first-order chi connectivity index (χ1) is 6.27. The number of nitrogens with zero attached hydrogens (tertiary/aromatic N) is 2. The Morgan fingerprint density at radius 1 is 1.46 bits per heavy atom. The highest BCUT2D eigenvalue weighted by Gasteiger charge is 2.05. The van der Waals surface area contributed by atoms with Gasteiger partial charge in [-0.3, -0.25) is 0 Å². The normalized spacial score (nSPS) is 10.2. The van der Waals surface area contributed by atoms with E-state index in [4.69, 9.17) is 22.4 Å². The van der Waals surface area contributed by atoms with Crippen LogP contribution in [0.5, 0.6) is 0 Å². The van der Waals surface area contributed by atoms with Gasteiger partial charge in [-0.05, 0) is 12.2 Å². The maximum Gasteiger partial charge on any atom is 0.197 e. The second-order valence-electron chi connectivity index (χ2n) is 2.38. The second kappa shape index (κ2) is 2.98. The molecule has 0 fully saturated rings. The third kappa shape index (κ3) is 1.43. The summed E-state index contributed by atoms with van der Waals surface area (Å²) in [5.74, 6) is 0.547. The zero-order valence-electron chi connectivity index (χ0n) is 6.52. The van der Waals surface area contributed by atoms with Gasteiger partial charge in [0.2, 0.25) is 0 Å². The molecule has 13 heavy (non-hydrogen) atoms. The minimum atomic E-state index is 0.362. The minimum Gasteiger partial charge on any atom is -0.442 e. The smallest absolute Gasteiger partial charge is 0.197 e.